The first-order chi connectivity index (χ1) is 13.3. The molecule has 0 aliphatic carbocycles. The highest BCUT2D eigenvalue weighted by molar-refractivity contribution is 6.05. The van der Waals surface area contributed by atoms with Crippen LogP contribution < -0.4 is 5.32 Å². The zero-order valence-electron chi connectivity index (χ0n) is 16.3. The maximum atomic E-state index is 12.5. The highest BCUT2D eigenvalue weighted by Crippen LogP contribution is 2.23. The van der Waals surface area contributed by atoms with Crippen LogP contribution in [0.2, 0.25) is 0 Å². The largest absolute Gasteiger partial charge is 0.322 e. The van der Waals surface area contributed by atoms with Crippen LogP contribution in [0.25, 0.3) is 0 Å². The first-order valence-corrected chi connectivity index (χ1v) is 8.91. The molecule has 0 saturated heterocycles. The van der Waals surface area contributed by atoms with Gasteiger partial charge in [0, 0.05) is 47.6 Å². The summed E-state index contributed by atoms with van der Waals surface area (Å²) in [7, 11) is 1.93. The van der Waals surface area contributed by atoms with Gasteiger partial charge in [0.15, 0.2) is 0 Å². The average molecular weight is 378 g/mol. The molecule has 7 heteroatoms. The minimum atomic E-state index is -0.483. The van der Waals surface area contributed by atoms with E-state index in [4.69, 9.17) is 0 Å². The first kappa shape index (κ1) is 19.3. The number of nitrogens with zero attached hydrogens (tertiary/aromatic N) is 3. The van der Waals surface area contributed by atoms with Crippen molar-refractivity contribution in [3.8, 4) is 0 Å². The normalized spacial score (nSPS) is 10.7. The van der Waals surface area contributed by atoms with Crippen molar-refractivity contribution in [1.29, 1.82) is 0 Å². The molecule has 0 spiro atoms. The fraction of sp³-hybridized carbons (Fsp3) is 0.238. The lowest BCUT2D eigenvalue weighted by Crippen LogP contribution is -2.14. The second-order valence-electron chi connectivity index (χ2n) is 6.81. The van der Waals surface area contributed by atoms with Crippen LogP contribution in [0.3, 0.4) is 0 Å². The van der Waals surface area contributed by atoms with Crippen LogP contribution in [-0.4, -0.2) is 20.6 Å². The van der Waals surface area contributed by atoms with Crippen molar-refractivity contribution in [2.24, 2.45) is 7.05 Å². The van der Waals surface area contributed by atoms with Crippen molar-refractivity contribution in [2.75, 3.05) is 5.32 Å². The van der Waals surface area contributed by atoms with E-state index in [1.807, 2.05) is 49.8 Å². The minimum absolute atomic E-state index is 0.0646. The quantitative estimate of drug-likeness (QED) is 0.535. The molecule has 3 rings (SSSR count). The molecule has 0 atom stereocenters. The number of nitrogens with one attached hydrogen (secondary N) is 1. The molecule has 1 N–H and O–H groups in total. The van der Waals surface area contributed by atoms with Gasteiger partial charge < -0.3 is 5.32 Å². The zero-order valence-corrected chi connectivity index (χ0v) is 16.3. The Hall–Kier alpha value is -3.48. The van der Waals surface area contributed by atoms with Gasteiger partial charge in [0.2, 0.25) is 0 Å². The van der Waals surface area contributed by atoms with E-state index >= 15 is 0 Å². The number of rotatable bonds is 5. The van der Waals surface area contributed by atoms with E-state index in [2.05, 4.69) is 10.4 Å². The number of benzene rings is 2. The van der Waals surface area contributed by atoms with Crippen LogP contribution in [0, 0.1) is 30.9 Å². The third kappa shape index (κ3) is 3.78. The molecule has 0 unspecified atom stereocenters. The van der Waals surface area contributed by atoms with Crippen LogP contribution in [-0.2, 0) is 13.5 Å². The standard InChI is InChI=1S/C21H22N4O3/c1-13-18(6-5-7-20(13)25(27)28)21(26)22-17-10-8-16(9-11-17)12-19-14(2)23-24(4)15(19)3/h5-11H,12H2,1-4H3,(H,22,26). The Morgan fingerprint density at radius 1 is 1.14 bits per heavy atom. The lowest BCUT2D eigenvalue weighted by atomic mass is 10.0. The van der Waals surface area contributed by atoms with Crippen LogP contribution in [0.5, 0.6) is 0 Å². The predicted octanol–water partition coefficient (Wildman–Crippen LogP) is 4.10. The summed E-state index contributed by atoms with van der Waals surface area (Å²) in [5.41, 5.74) is 5.68. The van der Waals surface area contributed by atoms with Gasteiger partial charge in [0.1, 0.15) is 0 Å². The summed E-state index contributed by atoms with van der Waals surface area (Å²) < 4.78 is 1.88. The molecule has 2 aromatic carbocycles. The second-order valence-corrected chi connectivity index (χ2v) is 6.81. The molecule has 0 saturated carbocycles. The third-order valence-corrected chi connectivity index (χ3v) is 5.00. The van der Waals surface area contributed by atoms with E-state index in [-0.39, 0.29) is 11.6 Å². The van der Waals surface area contributed by atoms with Crippen LogP contribution >= 0.6 is 0 Å². The maximum Gasteiger partial charge on any atom is 0.273 e. The smallest absolute Gasteiger partial charge is 0.273 e. The highest BCUT2D eigenvalue weighted by atomic mass is 16.6. The van der Waals surface area contributed by atoms with Gasteiger partial charge in [-0.1, -0.05) is 18.2 Å². The Bertz CT molecular complexity index is 1050. The number of hydrogen-bond acceptors (Lipinski definition) is 4. The second kappa shape index (κ2) is 7.64. The fourth-order valence-corrected chi connectivity index (χ4v) is 3.25. The predicted molar refractivity (Wildman–Crippen MR) is 108 cm³/mol. The Morgan fingerprint density at radius 3 is 2.39 bits per heavy atom. The zero-order chi connectivity index (χ0) is 20.4. The minimum Gasteiger partial charge on any atom is -0.322 e. The highest BCUT2D eigenvalue weighted by Gasteiger charge is 2.18. The van der Waals surface area contributed by atoms with E-state index in [0.29, 0.717) is 16.8 Å². The SMILES string of the molecule is Cc1nn(C)c(C)c1Cc1ccc(NC(=O)c2cccc([N+](=O)[O-])c2C)cc1. The van der Waals surface area contributed by atoms with Gasteiger partial charge in [0.05, 0.1) is 10.6 Å². The van der Waals surface area contributed by atoms with Crippen molar-refractivity contribution in [2.45, 2.75) is 27.2 Å². The molecule has 1 aromatic heterocycles. The first-order valence-electron chi connectivity index (χ1n) is 8.91. The molecule has 1 heterocycles. The average Bonchev–Trinajstić information content (AvgIpc) is 2.89. The molecule has 3 aromatic rings. The molecule has 28 heavy (non-hydrogen) atoms. The lowest BCUT2D eigenvalue weighted by molar-refractivity contribution is -0.385. The molecule has 0 radical (unpaired) electrons. The number of nitro groups is 1. The monoisotopic (exact) mass is 378 g/mol. The van der Waals surface area contributed by atoms with E-state index in [0.717, 1.165) is 23.4 Å². The molecule has 0 bridgehead atoms. The number of anilines is 1. The molecule has 0 aliphatic heterocycles. The summed E-state index contributed by atoms with van der Waals surface area (Å²) in [6.45, 7) is 5.62. The van der Waals surface area contributed by atoms with Crippen molar-refractivity contribution in [3.63, 3.8) is 0 Å². The fourth-order valence-electron chi connectivity index (χ4n) is 3.25. The van der Waals surface area contributed by atoms with Crippen molar-refractivity contribution in [3.05, 3.63) is 86.2 Å². The summed E-state index contributed by atoms with van der Waals surface area (Å²) in [4.78, 5) is 23.1. The van der Waals surface area contributed by atoms with Gasteiger partial charge in [0.25, 0.3) is 11.6 Å². The number of hydrogen-bond donors (Lipinski definition) is 1. The number of carbonyl (C=O) groups is 1. The summed E-state index contributed by atoms with van der Waals surface area (Å²) in [5.74, 6) is -0.368. The van der Waals surface area contributed by atoms with E-state index < -0.39 is 4.92 Å². The Labute approximate surface area is 163 Å². The van der Waals surface area contributed by atoms with Crippen molar-refractivity contribution < 1.29 is 9.72 Å². The third-order valence-electron chi connectivity index (χ3n) is 5.00. The number of carbonyl (C=O) groups excluding carboxylic acids is 1. The number of amides is 1. The number of aromatic nitrogens is 2. The van der Waals surface area contributed by atoms with E-state index in [9.17, 15) is 14.9 Å². The molecule has 0 aliphatic rings. The summed E-state index contributed by atoms with van der Waals surface area (Å²) in [6.07, 6.45) is 0.768. The molecular formula is C21H22N4O3. The Morgan fingerprint density at radius 2 is 1.82 bits per heavy atom. The van der Waals surface area contributed by atoms with Crippen molar-refractivity contribution >= 4 is 17.3 Å². The van der Waals surface area contributed by atoms with Crippen LogP contribution in [0.4, 0.5) is 11.4 Å². The maximum absolute atomic E-state index is 12.5. The van der Waals surface area contributed by atoms with Crippen LogP contribution in [0.15, 0.2) is 42.5 Å². The Kier molecular flexibility index (Phi) is 5.26. The summed E-state index contributed by atoms with van der Waals surface area (Å²) >= 11 is 0. The van der Waals surface area contributed by atoms with Gasteiger partial charge >= 0.3 is 0 Å². The molecule has 144 valence electrons. The number of nitro benzene ring substituents is 1. The van der Waals surface area contributed by atoms with E-state index in [1.165, 1.54) is 17.7 Å². The summed E-state index contributed by atoms with van der Waals surface area (Å²) in [5, 5.41) is 18.3. The lowest BCUT2D eigenvalue weighted by Gasteiger charge is -2.09. The van der Waals surface area contributed by atoms with Crippen LogP contribution in [0.1, 0.15) is 38.4 Å². The van der Waals surface area contributed by atoms with Crippen molar-refractivity contribution in [1.82, 2.24) is 9.78 Å². The van der Waals surface area contributed by atoms with E-state index in [1.54, 1.807) is 13.0 Å². The Balaban J connectivity index is 1.75. The van der Waals surface area contributed by atoms with Gasteiger partial charge in [-0.25, -0.2) is 0 Å². The van der Waals surface area contributed by atoms with Gasteiger partial charge in [-0.05, 0) is 44.5 Å². The molecule has 1 amide bonds. The van der Waals surface area contributed by atoms with Gasteiger partial charge in [-0.15, -0.1) is 0 Å². The topological polar surface area (TPSA) is 90.1 Å². The number of aryl methyl sites for hydroxylation is 2. The molecular weight excluding hydrogens is 356 g/mol. The molecule has 0 fully saturated rings. The van der Waals surface area contributed by atoms with Gasteiger partial charge in [-0.3, -0.25) is 19.6 Å². The molecule has 7 nitrogen and oxygen atoms in total. The summed E-state index contributed by atoms with van der Waals surface area (Å²) in [6, 6.07) is 12.1. The van der Waals surface area contributed by atoms with Gasteiger partial charge in [-0.2, -0.15) is 5.10 Å².